The molecule has 1 heterocycles. The number of nitrogens with zero attached hydrogens (tertiary/aromatic N) is 1. The predicted molar refractivity (Wildman–Crippen MR) is 81.7 cm³/mol. The van der Waals surface area contributed by atoms with E-state index in [1.807, 2.05) is 18.2 Å². The standard InChI is InChI=1S/C17H17NO4/c1-12(19)10-13(20)11-16(21)15-8-5-9-17(18-15)22-14-6-3-2-4-7-14/h2-10,16,20-21H,11H2,1H3. The molecular weight excluding hydrogens is 282 g/mol. The molecule has 0 saturated carbocycles. The molecule has 0 radical (unpaired) electrons. The number of ketones is 1. The molecule has 5 nitrogen and oxygen atoms in total. The topological polar surface area (TPSA) is 79.7 Å². The van der Waals surface area contributed by atoms with Crippen molar-refractivity contribution in [1.82, 2.24) is 4.98 Å². The molecule has 1 aromatic carbocycles. The van der Waals surface area contributed by atoms with Gasteiger partial charge in [-0.3, -0.25) is 4.79 Å². The number of para-hydroxylation sites is 1. The average molecular weight is 299 g/mol. The van der Waals surface area contributed by atoms with Crippen molar-refractivity contribution >= 4 is 5.78 Å². The van der Waals surface area contributed by atoms with Gasteiger partial charge in [0.05, 0.1) is 11.5 Å². The number of allylic oxidation sites excluding steroid dienone is 1. The maximum Gasteiger partial charge on any atom is 0.219 e. The lowest BCUT2D eigenvalue weighted by Crippen LogP contribution is -2.03. The van der Waals surface area contributed by atoms with Crippen LogP contribution in [-0.4, -0.2) is 21.0 Å². The molecule has 5 heteroatoms. The molecule has 114 valence electrons. The maximum atomic E-state index is 10.9. The number of ether oxygens (including phenoxy) is 1. The Kier molecular flexibility index (Phi) is 5.27. The molecule has 1 aromatic heterocycles. The first-order valence-corrected chi connectivity index (χ1v) is 6.82. The molecule has 22 heavy (non-hydrogen) atoms. The molecule has 0 fully saturated rings. The van der Waals surface area contributed by atoms with E-state index in [2.05, 4.69) is 4.98 Å². The van der Waals surface area contributed by atoms with Crippen LogP contribution in [0.3, 0.4) is 0 Å². The Morgan fingerprint density at radius 3 is 2.64 bits per heavy atom. The van der Waals surface area contributed by atoms with Crippen molar-refractivity contribution in [2.45, 2.75) is 19.4 Å². The van der Waals surface area contributed by atoms with Crippen LogP contribution in [0.4, 0.5) is 0 Å². The van der Waals surface area contributed by atoms with Gasteiger partial charge in [0.2, 0.25) is 5.88 Å². The van der Waals surface area contributed by atoms with Gasteiger partial charge in [-0.15, -0.1) is 0 Å². The van der Waals surface area contributed by atoms with Crippen LogP contribution in [0.2, 0.25) is 0 Å². The van der Waals surface area contributed by atoms with Crippen molar-refractivity contribution in [2.24, 2.45) is 0 Å². The monoisotopic (exact) mass is 299 g/mol. The summed E-state index contributed by atoms with van der Waals surface area (Å²) < 4.78 is 5.59. The van der Waals surface area contributed by atoms with E-state index >= 15 is 0 Å². The fourth-order valence-corrected chi connectivity index (χ4v) is 1.88. The Hall–Kier alpha value is -2.66. The Morgan fingerprint density at radius 2 is 1.95 bits per heavy atom. The first kappa shape index (κ1) is 15.7. The van der Waals surface area contributed by atoms with Crippen molar-refractivity contribution in [2.75, 3.05) is 0 Å². The summed E-state index contributed by atoms with van der Waals surface area (Å²) in [5, 5.41) is 19.6. The third kappa shape index (κ3) is 4.71. The van der Waals surface area contributed by atoms with Crippen LogP contribution in [0.25, 0.3) is 0 Å². The minimum Gasteiger partial charge on any atom is -0.512 e. The van der Waals surface area contributed by atoms with Gasteiger partial charge in [0, 0.05) is 18.6 Å². The van der Waals surface area contributed by atoms with Crippen LogP contribution in [0.1, 0.15) is 25.1 Å². The molecule has 2 N–H and O–H groups in total. The number of hydrogen-bond donors (Lipinski definition) is 2. The van der Waals surface area contributed by atoms with E-state index in [0.717, 1.165) is 6.08 Å². The lowest BCUT2D eigenvalue weighted by Gasteiger charge is -2.11. The minimum atomic E-state index is -1.02. The Balaban J connectivity index is 2.09. The van der Waals surface area contributed by atoms with Crippen LogP contribution < -0.4 is 4.74 Å². The molecular formula is C17H17NO4. The molecule has 0 aliphatic carbocycles. The summed E-state index contributed by atoms with van der Waals surface area (Å²) in [4.78, 5) is 15.1. The SMILES string of the molecule is CC(=O)C=C(O)CC(O)c1cccc(Oc2ccccc2)n1. The van der Waals surface area contributed by atoms with E-state index in [1.165, 1.54) is 6.92 Å². The number of pyridine rings is 1. The molecule has 2 rings (SSSR count). The summed E-state index contributed by atoms with van der Waals surface area (Å²) in [5.41, 5.74) is 0.358. The van der Waals surface area contributed by atoms with E-state index in [1.54, 1.807) is 30.3 Å². The van der Waals surface area contributed by atoms with Crippen molar-refractivity contribution < 1.29 is 19.7 Å². The Labute approximate surface area is 128 Å². The largest absolute Gasteiger partial charge is 0.512 e. The molecule has 0 bridgehead atoms. The number of benzene rings is 1. The second kappa shape index (κ2) is 7.38. The van der Waals surface area contributed by atoms with Gasteiger partial charge in [-0.2, -0.15) is 0 Å². The molecule has 0 aliphatic rings. The van der Waals surface area contributed by atoms with E-state index in [4.69, 9.17) is 4.74 Å². The number of hydrogen-bond acceptors (Lipinski definition) is 5. The van der Waals surface area contributed by atoms with E-state index < -0.39 is 6.10 Å². The van der Waals surface area contributed by atoms with Gasteiger partial charge in [-0.25, -0.2) is 4.98 Å². The van der Waals surface area contributed by atoms with Gasteiger partial charge >= 0.3 is 0 Å². The quantitative estimate of drug-likeness (QED) is 0.632. The van der Waals surface area contributed by atoms with Gasteiger partial charge < -0.3 is 14.9 Å². The van der Waals surface area contributed by atoms with Crippen LogP contribution >= 0.6 is 0 Å². The third-order valence-electron chi connectivity index (χ3n) is 2.82. The molecule has 2 aromatic rings. The molecule has 0 amide bonds. The minimum absolute atomic E-state index is 0.0820. The zero-order chi connectivity index (χ0) is 15.9. The first-order valence-electron chi connectivity index (χ1n) is 6.82. The van der Waals surface area contributed by atoms with Crippen LogP contribution in [0.15, 0.2) is 60.4 Å². The average Bonchev–Trinajstić information content (AvgIpc) is 2.47. The number of aliphatic hydroxyl groups is 2. The summed E-state index contributed by atoms with van der Waals surface area (Å²) in [6.07, 6.45) is -0.0236. The van der Waals surface area contributed by atoms with E-state index in [0.29, 0.717) is 17.3 Å². The predicted octanol–water partition coefficient (Wildman–Crippen LogP) is 3.33. The molecule has 0 aliphatic heterocycles. The fourth-order valence-electron chi connectivity index (χ4n) is 1.88. The van der Waals surface area contributed by atoms with Gasteiger partial charge in [0.25, 0.3) is 0 Å². The van der Waals surface area contributed by atoms with Crippen molar-refractivity contribution in [1.29, 1.82) is 0 Å². The Morgan fingerprint density at radius 1 is 1.23 bits per heavy atom. The second-order valence-electron chi connectivity index (χ2n) is 4.78. The van der Waals surface area contributed by atoms with Gasteiger partial charge in [-0.1, -0.05) is 24.3 Å². The van der Waals surface area contributed by atoms with Gasteiger partial charge in [0.1, 0.15) is 11.9 Å². The first-order chi connectivity index (χ1) is 10.5. The maximum absolute atomic E-state index is 10.9. The lowest BCUT2D eigenvalue weighted by molar-refractivity contribution is -0.112. The number of aromatic nitrogens is 1. The highest BCUT2D eigenvalue weighted by Crippen LogP contribution is 2.23. The van der Waals surface area contributed by atoms with Crippen LogP contribution in [-0.2, 0) is 4.79 Å². The summed E-state index contributed by atoms with van der Waals surface area (Å²) in [7, 11) is 0. The normalized spacial score (nSPS) is 12.7. The number of aliphatic hydroxyl groups excluding tert-OH is 2. The zero-order valence-corrected chi connectivity index (χ0v) is 12.1. The summed E-state index contributed by atoms with van der Waals surface area (Å²) in [5.74, 6) is 0.522. The summed E-state index contributed by atoms with van der Waals surface area (Å²) in [6.45, 7) is 1.33. The van der Waals surface area contributed by atoms with E-state index in [9.17, 15) is 15.0 Å². The summed E-state index contributed by atoms with van der Waals surface area (Å²) >= 11 is 0. The molecule has 1 atom stereocenters. The highest BCUT2D eigenvalue weighted by atomic mass is 16.5. The highest BCUT2D eigenvalue weighted by molar-refractivity contribution is 5.87. The van der Waals surface area contributed by atoms with Gasteiger partial charge in [-0.05, 0) is 25.1 Å². The lowest BCUT2D eigenvalue weighted by atomic mass is 10.1. The van der Waals surface area contributed by atoms with Crippen molar-refractivity contribution in [3.05, 3.63) is 66.1 Å². The second-order valence-corrected chi connectivity index (χ2v) is 4.78. The zero-order valence-electron chi connectivity index (χ0n) is 12.1. The smallest absolute Gasteiger partial charge is 0.219 e. The van der Waals surface area contributed by atoms with E-state index in [-0.39, 0.29) is 18.0 Å². The Bertz CT molecular complexity index is 667. The molecule has 0 spiro atoms. The number of rotatable bonds is 6. The van der Waals surface area contributed by atoms with Crippen LogP contribution in [0.5, 0.6) is 11.6 Å². The fraction of sp³-hybridized carbons (Fsp3) is 0.176. The third-order valence-corrected chi connectivity index (χ3v) is 2.82. The van der Waals surface area contributed by atoms with Crippen molar-refractivity contribution in [3.63, 3.8) is 0 Å². The number of carbonyl (C=O) groups excluding carboxylic acids is 1. The van der Waals surface area contributed by atoms with Crippen molar-refractivity contribution in [3.8, 4) is 11.6 Å². The number of carbonyl (C=O) groups is 1. The molecule has 0 saturated heterocycles. The van der Waals surface area contributed by atoms with Crippen LogP contribution in [0, 0.1) is 0 Å². The van der Waals surface area contributed by atoms with Gasteiger partial charge in [0.15, 0.2) is 5.78 Å². The molecule has 1 unspecified atom stereocenters. The summed E-state index contributed by atoms with van der Waals surface area (Å²) in [6, 6.07) is 14.2. The highest BCUT2D eigenvalue weighted by Gasteiger charge is 2.13.